The van der Waals surface area contributed by atoms with Gasteiger partial charge in [-0.2, -0.15) is 0 Å². The summed E-state index contributed by atoms with van der Waals surface area (Å²) in [6, 6.07) is 1.68. The molecule has 0 bridgehead atoms. The lowest BCUT2D eigenvalue weighted by molar-refractivity contribution is 0.0424. The van der Waals surface area contributed by atoms with Crippen LogP contribution in [0.4, 0.5) is 0 Å². The van der Waals surface area contributed by atoms with Gasteiger partial charge in [0.1, 0.15) is 17.3 Å². The molecule has 0 amide bonds. The predicted octanol–water partition coefficient (Wildman–Crippen LogP) is 2.86. The summed E-state index contributed by atoms with van der Waals surface area (Å²) in [7, 11) is 0. The van der Waals surface area contributed by atoms with Gasteiger partial charge in [-0.1, -0.05) is 0 Å². The van der Waals surface area contributed by atoms with Crippen LogP contribution in [0.1, 0.15) is 32.4 Å². The fraction of sp³-hybridized carbons (Fsp3) is 0.267. The fourth-order valence-electron chi connectivity index (χ4n) is 2.15. The van der Waals surface area contributed by atoms with Crippen molar-refractivity contribution in [1.29, 1.82) is 0 Å². The van der Waals surface area contributed by atoms with Crippen LogP contribution in [0, 0.1) is 20.8 Å². The molecular formula is C15H14N2O4S. The summed E-state index contributed by atoms with van der Waals surface area (Å²) in [5.74, 6) is -0.105. The van der Waals surface area contributed by atoms with Crippen LogP contribution in [0.2, 0.25) is 0 Å². The third kappa shape index (κ3) is 2.43. The number of hydrogen-bond acceptors (Lipinski definition) is 6. The molecule has 3 aromatic heterocycles. The van der Waals surface area contributed by atoms with Crippen LogP contribution < -0.4 is 5.56 Å². The summed E-state index contributed by atoms with van der Waals surface area (Å²) >= 11 is 1.45. The minimum Gasteiger partial charge on any atom is -0.457 e. The largest absolute Gasteiger partial charge is 0.457 e. The van der Waals surface area contributed by atoms with Crippen molar-refractivity contribution in [3.05, 3.63) is 50.3 Å². The summed E-state index contributed by atoms with van der Waals surface area (Å²) in [5, 5.41) is 0.597. The topological polar surface area (TPSA) is 85.2 Å². The van der Waals surface area contributed by atoms with E-state index in [1.165, 1.54) is 17.6 Å². The van der Waals surface area contributed by atoms with Gasteiger partial charge in [0.05, 0.1) is 11.6 Å². The molecule has 0 atom stereocenters. The molecule has 114 valence electrons. The maximum Gasteiger partial charge on any atom is 0.374 e. The van der Waals surface area contributed by atoms with E-state index in [4.69, 9.17) is 9.15 Å². The lowest BCUT2D eigenvalue weighted by atomic mass is 10.2. The third-order valence-corrected chi connectivity index (χ3v) is 4.58. The second kappa shape index (κ2) is 5.42. The van der Waals surface area contributed by atoms with Gasteiger partial charge in [-0.3, -0.25) is 4.79 Å². The number of carbonyl (C=O) groups excluding carboxylic acids is 1. The van der Waals surface area contributed by atoms with Crippen LogP contribution in [0.25, 0.3) is 10.2 Å². The molecule has 0 saturated heterocycles. The van der Waals surface area contributed by atoms with E-state index in [-0.39, 0.29) is 17.9 Å². The summed E-state index contributed by atoms with van der Waals surface area (Å²) in [6.45, 7) is 5.48. The van der Waals surface area contributed by atoms with Crippen molar-refractivity contribution in [1.82, 2.24) is 9.97 Å². The number of fused-ring (bicyclic) bond motifs is 1. The number of nitrogens with zero attached hydrogens (tertiary/aromatic N) is 1. The number of carbonyl (C=O) groups is 1. The van der Waals surface area contributed by atoms with E-state index in [0.29, 0.717) is 21.6 Å². The molecule has 0 saturated carbocycles. The molecule has 3 aromatic rings. The lowest BCUT2D eigenvalue weighted by Crippen LogP contribution is -2.14. The smallest absolute Gasteiger partial charge is 0.374 e. The molecule has 0 aromatic carbocycles. The minimum absolute atomic E-state index is 0.111. The predicted molar refractivity (Wildman–Crippen MR) is 82.3 cm³/mol. The Morgan fingerprint density at radius 3 is 2.86 bits per heavy atom. The van der Waals surface area contributed by atoms with Crippen LogP contribution in [0.3, 0.4) is 0 Å². The van der Waals surface area contributed by atoms with E-state index in [0.717, 1.165) is 10.4 Å². The highest BCUT2D eigenvalue weighted by molar-refractivity contribution is 7.18. The second-order valence-electron chi connectivity index (χ2n) is 4.98. The van der Waals surface area contributed by atoms with E-state index in [9.17, 15) is 9.59 Å². The van der Waals surface area contributed by atoms with Gasteiger partial charge in [-0.15, -0.1) is 11.3 Å². The first-order valence-corrected chi connectivity index (χ1v) is 7.49. The van der Waals surface area contributed by atoms with Crippen LogP contribution >= 0.6 is 11.3 Å². The van der Waals surface area contributed by atoms with Crippen LogP contribution in [0.15, 0.2) is 21.5 Å². The average molecular weight is 318 g/mol. The van der Waals surface area contributed by atoms with E-state index in [2.05, 4.69) is 9.97 Å². The summed E-state index contributed by atoms with van der Waals surface area (Å²) in [5.41, 5.74) is 1.42. The Morgan fingerprint density at radius 1 is 1.41 bits per heavy atom. The molecule has 0 aliphatic carbocycles. The van der Waals surface area contributed by atoms with Gasteiger partial charge in [0, 0.05) is 10.4 Å². The van der Waals surface area contributed by atoms with Crippen molar-refractivity contribution < 1.29 is 13.9 Å². The number of rotatable bonds is 3. The molecule has 0 radical (unpaired) electrons. The molecule has 22 heavy (non-hydrogen) atoms. The van der Waals surface area contributed by atoms with Gasteiger partial charge >= 0.3 is 5.97 Å². The van der Waals surface area contributed by atoms with Gasteiger partial charge in [0.25, 0.3) is 5.56 Å². The van der Waals surface area contributed by atoms with Crippen molar-refractivity contribution in [2.45, 2.75) is 27.4 Å². The number of aromatic nitrogens is 2. The van der Waals surface area contributed by atoms with Crippen LogP contribution in [0.5, 0.6) is 0 Å². The monoisotopic (exact) mass is 318 g/mol. The zero-order chi connectivity index (χ0) is 15.9. The number of esters is 1. The summed E-state index contributed by atoms with van der Waals surface area (Å²) in [4.78, 5) is 32.7. The Labute approximate surface area is 129 Å². The highest BCUT2D eigenvalue weighted by atomic mass is 32.1. The fourth-order valence-corrected chi connectivity index (χ4v) is 3.20. The Balaban J connectivity index is 1.84. The van der Waals surface area contributed by atoms with Gasteiger partial charge in [0.15, 0.2) is 0 Å². The van der Waals surface area contributed by atoms with E-state index >= 15 is 0 Å². The number of aryl methyl sites for hydroxylation is 3. The van der Waals surface area contributed by atoms with Gasteiger partial charge in [-0.25, -0.2) is 9.78 Å². The molecule has 0 fully saturated rings. The normalized spacial score (nSPS) is 11.0. The number of H-pyrrole nitrogens is 1. The molecule has 1 N–H and O–H groups in total. The Bertz CT molecular complexity index is 919. The first-order chi connectivity index (χ1) is 10.5. The number of thiophene rings is 1. The molecule has 0 aliphatic rings. The van der Waals surface area contributed by atoms with Crippen molar-refractivity contribution in [3.63, 3.8) is 0 Å². The Morgan fingerprint density at radius 2 is 2.18 bits per heavy atom. The number of aromatic amines is 1. The Hall–Kier alpha value is -2.41. The molecule has 0 spiro atoms. The quantitative estimate of drug-likeness (QED) is 0.751. The molecule has 0 unspecified atom stereocenters. The summed E-state index contributed by atoms with van der Waals surface area (Å²) in [6.07, 6.45) is 1.43. The zero-order valence-corrected chi connectivity index (χ0v) is 13.2. The van der Waals surface area contributed by atoms with Crippen molar-refractivity contribution in [2.24, 2.45) is 0 Å². The van der Waals surface area contributed by atoms with E-state index in [1.807, 2.05) is 13.8 Å². The van der Waals surface area contributed by atoms with E-state index in [1.54, 1.807) is 13.0 Å². The standard InChI is InChI=1S/C15H14N2O4S/c1-7-4-5-20-12(7)15(19)21-6-10-16-13(18)11-8(2)9(3)22-14(11)17-10/h4-5H,6H2,1-3H3,(H,16,17,18). The minimum atomic E-state index is -0.580. The van der Waals surface area contributed by atoms with Crippen molar-refractivity contribution in [3.8, 4) is 0 Å². The molecule has 6 nitrogen and oxygen atoms in total. The second-order valence-corrected chi connectivity index (χ2v) is 6.19. The number of ether oxygens (including phenoxy) is 1. The van der Waals surface area contributed by atoms with Crippen molar-refractivity contribution in [2.75, 3.05) is 0 Å². The maximum atomic E-state index is 12.1. The molecular weight excluding hydrogens is 304 g/mol. The zero-order valence-electron chi connectivity index (χ0n) is 12.4. The number of nitrogens with one attached hydrogen (secondary N) is 1. The van der Waals surface area contributed by atoms with Gasteiger partial charge in [0.2, 0.25) is 5.76 Å². The summed E-state index contributed by atoms with van der Waals surface area (Å²) < 4.78 is 10.2. The number of hydrogen-bond donors (Lipinski definition) is 1. The van der Waals surface area contributed by atoms with Crippen LogP contribution in [-0.4, -0.2) is 15.9 Å². The molecule has 7 heteroatoms. The highest BCUT2D eigenvalue weighted by Crippen LogP contribution is 2.25. The van der Waals surface area contributed by atoms with Crippen molar-refractivity contribution >= 4 is 27.5 Å². The maximum absolute atomic E-state index is 12.1. The molecule has 3 rings (SSSR count). The first kappa shape index (κ1) is 14.5. The SMILES string of the molecule is Cc1ccoc1C(=O)OCc1nc2sc(C)c(C)c2c(=O)[nH]1. The molecule has 3 heterocycles. The lowest BCUT2D eigenvalue weighted by Gasteiger charge is -2.03. The highest BCUT2D eigenvalue weighted by Gasteiger charge is 2.16. The first-order valence-electron chi connectivity index (χ1n) is 6.67. The number of furan rings is 1. The van der Waals surface area contributed by atoms with E-state index < -0.39 is 5.97 Å². The Kier molecular flexibility index (Phi) is 3.58. The molecule has 0 aliphatic heterocycles. The van der Waals surface area contributed by atoms with Crippen LogP contribution in [-0.2, 0) is 11.3 Å². The third-order valence-electron chi connectivity index (χ3n) is 3.48. The van der Waals surface area contributed by atoms with Gasteiger partial charge in [-0.05, 0) is 32.4 Å². The van der Waals surface area contributed by atoms with Gasteiger partial charge < -0.3 is 14.1 Å². The average Bonchev–Trinajstić information content (AvgIpc) is 3.01.